The van der Waals surface area contributed by atoms with Crippen molar-refractivity contribution in [3.05, 3.63) is 17.9 Å². The van der Waals surface area contributed by atoms with E-state index in [1.165, 1.54) is 16.4 Å². The van der Waals surface area contributed by atoms with E-state index in [0.29, 0.717) is 25.9 Å². The molecule has 176 valence electrons. The lowest BCUT2D eigenvalue weighted by Crippen LogP contribution is -2.55. The number of piperazine rings is 1. The standard InChI is InChI=1S/C21H30N4O6S/c1-3-30-20(27)17-7-8-19(31-17)32(28,29)25-13-11-24(12-14-25)15-18(26)23(2)21(16-22)9-5-4-6-10-21/h7-8H,3-6,9-15H2,1-2H3. The Hall–Kier alpha value is -2.42. The van der Waals surface area contributed by atoms with Gasteiger partial charge in [0.05, 0.1) is 19.2 Å². The average Bonchev–Trinajstić information content (AvgIpc) is 3.31. The van der Waals surface area contributed by atoms with Gasteiger partial charge in [-0.1, -0.05) is 19.3 Å². The molecule has 1 aliphatic heterocycles. The molecule has 1 aliphatic carbocycles. The van der Waals surface area contributed by atoms with E-state index in [0.717, 1.165) is 19.3 Å². The van der Waals surface area contributed by atoms with E-state index in [4.69, 9.17) is 9.15 Å². The fourth-order valence-electron chi connectivity index (χ4n) is 4.22. The lowest BCUT2D eigenvalue weighted by atomic mass is 9.81. The van der Waals surface area contributed by atoms with Crippen molar-refractivity contribution in [2.24, 2.45) is 0 Å². The molecule has 1 saturated heterocycles. The van der Waals surface area contributed by atoms with Gasteiger partial charge in [0, 0.05) is 33.2 Å². The van der Waals surface area contributed by atoms with Crippen LogP contribution in [0.15, 0.2) is 21.6 Å². The quantitative estimate of drug-likeness (QED) is 0.553. The smallest absolute Gasteiger partial charge is 0.374 e. The summed E-state index contributed by atoms with van der Waals surface area (Å²) in [5.74, 6) is -1.00. The van der Waals surface area contributed by atoms with E-state index in [1.54, 1.807) is 18.9 Å². The van der Waals surface area contributed by atoms with Crippen LogP contribution < -0.4 is 0 Å². The fourth-order valence-corrected chi connectivity index (χ4v) is 5.55. The lowest BCUT2D eigenvalue weighted by Gasteiger charge is -2.40. The SMILES string of the molecule is CCOC(=O)c1ccc(S(=O)(=O)N2CCN(CC(=O)N(C)C3(C#N)CCCCC3)CC2)o1. The van der Waals surface area contributed by atoms with Crippen LogP contribution in [0, 0.1) is 11.3 Å². The second-order valence-corrected chi connectivity index (χ2v) is 10.0. The third-order valence-corrected chi connectivity index (χ3v) is 8.02. The summed E-state index contributed by atoms with van der Waals surface area (Å²) < 4.78 is 37.0. The van der Waals surface area contributed by atoms with E-state index in [1.807, 2.05) is 4.90 Å². The van der Waals surface area contributed by atoms with Crippen molar-refractivity contribution in [3.8, 4) is 6.07 Å². The predicted molar refractivity (Wildman–Crippen MR) is 114 cm³/mol. The van der Waals surface area contributed by atoms with Gasteiger partial charge in [0.15, 0.2) is 0 Å². The normalized spacial score (nSPS) is 19.8. The second-order valence-electron chi connectivity index (χ2n) is 8.18. The summed E-state index contributed by atoms with van der Waals surface area (Å²) in [6.07, 6.45) is 4.33. The summed E-state index contributed by atoms with van der Waals surface area (Å²) in [5.41, 5.74) is -0.740. The Morgan fingerprint density at radius 3 is 2.44 bits per heavy atom. The Kier molecular flexibility index (Phi) is 7.59. The maximum absolute atomic E-state index is 12.9. The van der Waals surface area contributed by atoms with Crippen molar-refractivity contribution < 1.29 is 27.2 Å². The molecule has 3 rings (SSSR count). The van der Waals surface area contributed by atoms with Crippen molar-refractivity contribution in [2.45, 2.75) is 49.7 Å². The number of nitrogens with zero attached hydrogens (tertiary/aromatic N) is 4. The number of likely N-dealkylation sites (N-methyl/N-ethyl adjacent to an activating group) is 1. The van der Waals surface area contributed by atoms with Gasteiger partial charge in [-0.05, 0) is 31.9 Å². The Balaban J connectivity index is 1.57. The number of hydrogen-bond donors (Lipinski definition) is 0. The zero-order chi connectivity index (χ0) is 23.4. The van der Waals surface area contributed by atoms with Gasteiger partial charge in [0.1, 0.15) is 5.54 Å². The minimum absolute atomic E-state index is 0.130. The van der Waals surface area contributed by atoms with Crippen molar-refractivity contribution in [3.63, 3.8) is 0 Å². The predicted octanol–water partition coefficient (Wildman–Crippen LogP) is 1.45. The van der Waals surface area contributed by atoms with E-state index in [-0.39, 0.29) is 43.0 Å². The van der Waals surface area contributed by atoms with Crippen molar-refractivity contribution in [2.75, 3.05) is 46.4 Å². The first kappa shape index (κ1) is 24.2. The van der Waals surface area contributed by atoms with Crippen molar-refractivity contribution in [1.82, 2.24) is 14.1 Å². The number of sulfonamides is 1. The fraction of sp³-hybridized carbons (Fsp3) is 0.667. The number of amides is 1. The average molecular weight is 467 g/mol. The van der Waals surface area contributed by atoms with E-state index in [9.17, 15) is 23.3 Å². The highest BCUT2D eigenvalue weighted by atomic mass is 32.2. The molecule has 32 heavy (non-hydrogen) atoms. The molecule has 1 aromatic rings. The van der Waals surface area contributed by atoms with Crippen LogP contribution in [0.5, 0.6) is 0 Å². The van der Waals surface area contributed by atoms with Crippen LogP contribution in [0.4, 0.5) is 0 Å². The molecule has 0 N–H and O–H groups in total. The third kappa shape index (κ3) is 4.98. The van der Waals surface area contributed by atoms with Crippen molar-refractivity contribution >= 4 is 21.9 Å². The van der Waals surface area contributed by atoms with E-state index in [2.05, 4.69) is 6.07 Å². The lowest BCUT2D eigenvalue weighted by molar-refractivity contribution is -0.136. The highest BCUT2D eigenvalue weighted by Gasteiger charge is 2.39. The van der Waals surface area contributed by atoms with E-state index < -0.39 is 21.5 Å². The number of furan rings is 1. The second kappa shape index (κ2) is 10.0. The first-order valence-corrected chi connectivity index (χ1v) is 12.3. The molecule has 0 radical (unpaired) electrons. The maximum atomic E-state index is 12.9. The summed E-state index contributed by atoms with van der Waals surface area (Å²) in [6, 6.07) is 4.89. The molecule has 1 aromatic heterocycles. The van der Waals surface area contributed by atoms with Crippen molar-refractivity contribution in [1.29, 1.82) is 5.26 Å². The largest absolute Gasteiger partial charge is 0.460 e. The van der Waals surface area contributed by atoms with Crippen LogP contribution in [-0.4, -0.2) is 86.3 Å². The molecule has 11 heteroatoms. The molecule has 0 aromatic carbocycles. The van der Waals surface area contributed by atoms with Crippen LogP contribution in [-0.2, 0) is 19.6 Å². The van der Waals surface area contributed by atoms with Gasteiger partial charge in [-0.25, -0.2) is 13.2 Å². The molecule has 1 saturated carbocycles. The molecule has 0 unspecified atom stereocenters. The molecule has 2 heterocycles. The van der Waals surface area contributed by atoms with Crippen LogP contribution in [0.1, 0.15) is 49.6 Å². The first-order valence-electron chi connectivity index (χ1n) is 10.9. The van der Waals surface area contributed by atoms with Gasteiger partial charge in [-0.3, -0.25) is 9.69 Å². The zero-order valence-electron chi connectivity index (χ0n) is 18.6. The Morgan fingerprint density at radius 1 is 1.19 bits per heavy atom. The molecular weight excluding hydrogens is 436 g/mol. The molecule has 0 bridgehead atoms. The number of ether oxygens (including phenoxy) is 1. The molecule has 1 amide bonds. The van der Waals surface area contributed by atoms with E-state index >= 15 is 0 Å². The number of hydrogen-bond acceptors (Lipinski definition) is 8. The first-order chi connectivity index (χ1) is 15.2. The minimum Gasteiger partial charge on any atom is -0.460 e. The van der Waals surface area contributed by atoms with Gasteiger partial charge in [0.2, 0.25) is 16.8 Å². The third-order valence-electron chi connectivity index (χ3n) is 6.25. The molecular formula is C21H30N4O6S. The summed E-state index contributed by atoms with van der Waals surface area (Å²) >= 11 is 0. The summed E-state index contributed by atoms with van der Waals surface area (Å²) in [6.45, 7) is 3.09. The van der Waals surface area contributed by atoms with Gasteiger partial charge >= 0.3 is 5.97 Å². The number of carbonyl (C=O) groups is 2. The number of esters is 1. The molecule has 2 aliphatic rings. The summed E-state index contributed by atoms with van der Waals surface area (Å²) in [5, 5.41) is 9.39. The maximum Gasteiger partial charge on any atom is 0.374 e. The highest BCUT2D eigenvalue weighted by molar-refractivity contribution is 7.89. The topological polar surface area (TPSA) is 124 Å². The zero-order valence-corrected chi connectivity index (χ0v) is 19.4. The number of nitriles is 1. The van der Waals surface area contributed by atoms with Gasteiger partial charge < -0.3 is 14.1 Å². The van der Waals surface area contributed by atoms with Crippen LogP contribution >= 0.6 is 0 Å². The molecule has 2 fully saturated rings. The van der Waals surface area contributed by atoms with Gasteiger partial charge in [0.25, 0.3) is 10.0 Å². The van der Waals surface area contributed by atoms with Crippen LogP contribution in [0.2, 0.25) is 0 Å². The summed E-state index contributed by atoms with van der Waals surface area (Å²) in [4.78, 5) is 28.0. The number of carbonyl (C=O) groups excluding carboxylic acids is 2. The minimum atomic E-state index is -3.89. The van der Waals surface area contributed by atoms with Gasteiger partial charge in [-0.2, -0.15) is 9.57 Å². The Morgan fingerprint density at radius 2 is 1.84 bits per heavy atom. The monoisotopic (exact) mass is 466 g/mol. The van der Waals surface area contributed by atoms with Gasteiger partial charge in [-0.15, -0.1) is 0 Å². The van der Waals surface area contributed by atoms with Crippen LogP contribution in [0.3, 0.4) is 0 Å². The highest BCUT2D eigenvalue weighted by Crippen LogP contribution is 2.32. The number of rotatable bonds is 7. The molecule has 0 spiro atoms. The molecule has 0 atom stereocenters. The summed E-state index contributed by atoms with van der Waals surface area (Å²) in [7, 11) is -2.20. The Labute approximate surface area is 188 Å². The van der Waals surface area contributed by atoms with Crippen LogP contribution in [0.25, 0.3) is 0 Å². The molecule has 10 nitrogen and oxygen atoms in total. The Bertz CT molecular complexity index is 969.